The molecular formula is C16H14N2. The predicted molar refractivity (Wildman–Crippen MR) is 71.2 cm³/mol. The van der Waals surface area contributed by atoms with Gasteiger partial charge >= 0.3 is 0 Å². The van der Waals surface area contributed by atoms with E-state index >= 15 is 0 Å². The van der Waals surface area contributed by atoms with Gasteiger partial charge in [-0.25, -0.2) is 0 Å². The van der Waals surface area contributed by atoms with Crippen LogP contribution in [-0.4, -0.2) is 0 Å². The van der Waals surface area contributed by atoms with Gasteiger partial charge in [-0.1, -0.05) is 36.5 Å². The highest BCUT2D eigenvalue weighted by molar-refractivity contribution is 5.55. The summed E-state index contributed by atoms with van der Waals surface area (Å²) in [6.45, 7) is 0. The molecule has 0 aromatic heterocycles. The lowest BCUT2D eigenvalue weighted by molar-refractivity contribution is 0.675. The molecule has 2 nitrogen and oxygen atoms in total. The molecule has 18 heavy (non-hydrogen) atoms. The number of allylic oxidation sites excluding steroid dienone is 10. The Hall–Kier alpha value is -2.32. The Morgan fingerprint density at radius 3 is 2.11 bits per heavy atom. The van der Waals surface area contributed by atoms with E-state index < -0.39 is 0 Å². The molecule has 2 aliphatic rings. The van der Waals surface area contributed by atoms with Crippen LogP contribution in [0.3, 0.4) is 0 Å². The van der Waals surface area contributed by atoms with E-state index in [1.165, 1.54) is 0 Å². The molecule has 0 atom stereocenters. The molecule has 88 valence electrons. The molecule has 0 saturated heterocycles. The zero-order chi connectivity index (χ0) is 12.8. The van der Waals surface area contributed by atoms with E-state index in [9.17, 15) is 0 Å². The molecule has 0 aromatic rings. The highest BCUT2D eigenvalue weighted by Gasteiger charge is 2.18. The van der Waals surface area contributed by atoms with Crippen molar-refractivity contribution in [1.29, 1.82) is 10.5 Å². The number of nitriles is 2. The lowest BCUT2D eigenvalue weighted by Gasteiger charge is -2.20. The normalized spacial score (nSPS) is 18.2. The largest absolute Gasteiger partial charge is 0.192 e. The maximum Gasteiger partial charge on any atom is 0.133 e. The molecule has 0 aliphatic heterocycles. The second kappa shape index (κ2) is 5.84. The first-order chi connectivity index (χ1) is 8.86. The molecule has 1 fully saturated rings. The first-order valence-electron chi connectivity index (χ1n) is 6.15. The fourth-order valence-corrected chi connectivity index (χ4v) is 2.36. The third-order valence-electron chi connectivity index (χ3n) is 3.23. The minimum atomic E-state index is 0.274. The number of hydrogen-bond acceptors (Lipinski definition) is 2. The number of rotatable bonds is 0. The van der Waals surface area contributed by atoms with Gasteiger partial charge in [-0.15, -0.1) is 0 Å². The van der Waals surface area contributed by atoms with E-state index in [2.05, 4.69) is 0 Å². The molecule has 0 heterocycles. The Balaban J connectivity index is 2.54. The number of nitrogens with zero attached hydrogens (tertiary/aromatic N) is 2. The average molecular weight is 234 g/mol. The molecule has 0 amide bonds. The first-order valence-corrected chi connectivity index (χ1v) is 6.15. The zero-order valence-corrected chi connectivity index (χ0v) is 10.2. The summed E-state index contributed by atoms with van der Waals surface area (Å²) in [5.41, 5.74) is 3.50. The summed E-state index contributed by atoms with van der Waals surface area (Å²) >= 11 is 0. The van der Waals surface area contributed by atoms with Crippen molar-refractivity contribution in [3.8, 4) is 12.1 Å². The van der Waals surface area contributed by atoms with E-state index in [4.69, 9.17) is 10.5 Å². The summed E-state index contributed by atoms with van der Waals surface area (Å²) in [5, 5.41) is 18.1. The number of hydrogen-bond donors (Lipinski definition) is 0. The van der Waals surface area contributed by atoms with E-state index in [1.54, 1.807) is 0 Å². The predicted octanol–water partition coefficient (Wildman–Crippen LogP) is 3.88. The summed E-state index contributed by atoms with van der Waals surface area (Å²) in [6.07, 6.45) is 16.0. The first kappa shape index (κ1) is 12.1. The molecule has 0 N–H and O–H groups in total. The van der Waals surface area contributed by atoms with Gasteiger partial charge in [0.05, 0.1) is 0 Å². The second-order valence-electron chi connectivity index (χ2n) is 4.32. The van der Waals surface area contributed by atoms with E-state index in [1.807, 2.05) is 48.6 Å². The Labute approximate surface area is 108 Å². The van der Waals surface area contributed by atoms with Crippen molar-refractivity contribution >= 4 is 0 Å². The van der Waals surface area contributed by atoms with Crippen LogP contribution in [0.5, 0.6) is 0 Å². The molecule has 0 radical (unpaired) electrons. The van der Waals surface area contributed by atoms with Crippen LogP contribution >= 0.6 is 0 Å². The Bertz CT molecular complexity index is 535. The van der Waals surface area contributed by atoms with Gasteiger partial charge in [-0.3, -0.25) is 0 Å². The van der Waals surface area contributed by atoms with Crippen LogP contribution < -0.4 is 0 Å². The van der Waals surface area contributed by atoms with Crippen LogP contribution in [0.4, 0.5) is 0 Å². The summed E-state index contributed by atoms with van der Waals surface area (Å²) in [6, 6.07) is 4.05. The highest BCUT2D eigenvalue weighted by Crippen LogP contribution is 2.34. The Kier molecular flexibility index (Phi) is 3.94. The van der Waals surface area contributed by atoms with Gasteiger partial charge in [0.2, 0.25) is 0 Å². The highest BCUT2D eigenvalue weighted by atomic mass is 14.3. The van der Waals surface area contributed by atoms with Crippen molar-refractivity contribution in [3.63, 3.8) is 0 Å². The van der Waals surface area contributed by atoms with Crippen LogP contribution in [0.25, 0.3) is 0 Å². The smallest absolute Gasteiger partial charge is 0.133 e. The quantitative estimate of drug-likeness (QED) is 0.597. The van der Waals surface area contributed by atoms with Gasteiger partial charge in [-0.05, 0) is 42.4 Å². The van der Waals surface area contributed by atoms with Gasteiger partial charge in [0.25, 0.3) is 0 Å². The van der Waals surface area contributed by atoms with Crippen LogP contribution in [0, 0.1) is 22.7 Å². The molecule has 0 bridgehead atoms. The topological polar surface area (TPSA) is 47.6 Å². The summed E-state index contributed by atoms with van der Waals surface area (Å²) in [5.74, 6) is 0. The van der Waals surface area contributed by atoms with Crippen molar-refractivity contribution in [1.82, 2.24) is 0 Å². The standard InChI is InChI=1S/C16H14N2/c17-11-14(12-18)16-10-6-5-9-15(16)13-7-3-1-2-4-8-13/h1-4,7-8H,5-6,9-10H2. The molecule has 2 aliphatic carbocycles. The molecule has 0 unspecified atom stereocenters. The minimum absolute atomic E-state index is 0.274. The van der Waals surface area contributed by atoms with Crippen molar-refractivity contribution in [2.45, 2.75) is 25.7 Å². The van der Waals surface area contributed by atoms with Crippen LogP contribution in [0.2, 0.25) is 0 Å². The summed E-state index contributed by atoms with van der Waals surface area (Å²) in [4.78, 5) is 0. The maximum atomic E-state index is 9.05. The molecular weight excluding hydrogens is 220 g/mol. The zero-order valence-electron chi connectivity index (χ0n) is 10.2. The van der Waals surface area contributed by atoms with Gasteiger partial charge in [0.1, 0.15) is 17.7 Å². The monoisotopic (exact) mass is 234 g/mol. The third-order valence-corrected chi connectivity index (χ3v) is 3.23. The van der Waals surface area contributed by atoms with E-state index in [-0.39, 0.29) is 5.57 Å². The van der Waals surface area contributed by atoms with Gasteiger partial charge in [-0.2, -0.15) is 10.5 Å². The Morgan fingerprint density at radius 1 is 0.889 bits per heavy atom. The lowest BCUT2D eigenvalue weighted by atomic mass is 9.83. The van der Waals surface area contributed by atoms with Gasteiger partial charge in [0.15, 0.2) is 0 Å². The van der Waals surface area contributed by atoms with Gasteiger partial charge < -0.3 is 0 Å². The van der Waals surface area contributed by atoms with Crippen LogP contribution in [0.1, 0.15) is 25.7 Å². The fraction of sp³-hybridized carbons (Fsp3) is 0.250. The summed E-state index contributed by atoms with van der Waals surface area (Å²) in [7, 11) is 0. The second-order valence-corrected chi connectivity index (χ2v) is 4.32. The average Bonchev–Trinajstić information content (AvgIpc) is 2.70. The molecule has 2 heteroatoms. The van der Waals surface area contributed by atoms with Crippen molar-refractivity contribution in [2.24, 2.45) is 0 Å². The van der Waals surface area contributed by atoms with E-state index in [0.717, 1.165) is 42.4 Å². The summed E-state index contributed by atoms with van der Waals surface area (Å²) < 4.78 is 0. The third kappa shape index (κ3) is 2.50. The molecule has 0 aromatic carbocycles. The van der Waals surface area contributed by atoms with Crippen molar-refractivity contribution in [2.75, 3.05) is 0 Å². The SMILES string of the molecule is N#CC(C#N)=C1CCCCC1=C1C=CC=CC=C1. The minimum Gasteiger partial charge on any atom is -0.192 e. The van der Waals surface area contributed by atoms with Gasteiger partial charge in [0, 0.05) is 0 Å². The van der Waals surface area contributed by atoms with Crippen LogP contribution in [-0.2, 0) is 0 Å². The van der Waals surface area contributed by atoms with E-state index in [0.29, 0.717) is 0 Å². The van der Waals surface area contributed by atoms with Crippen molar-refractivity contribution in [3.05, 3.63) is 58.7 Å². The van der Waals surface area contributed by atoms with Crippen LogP contribution in [0.15, 0.2) is 58.7 Å². The molecule has 0 spiro atoms. The maximum absolute atomic E-state index is 9.05. The lowest BCUT2D eigenvalue weighted by Crippen LogP contribution is -2.03. The molecule has 1 saturated carbocycles. The fourth-order valence-electron chi connectivity index (χ4n) is 2.36. The Morgan fingerprint density at radius 2 is 1.50 bits per heavy atom. The van der Waals surface area contributed by atoms with Crippen molar-refractivity contribution < 1.29 is 0 Å². The molecule has 2 rings (SSSR count).